The van der Waals surface area contributed by atoms with Gasteiger partial charge in [0.15, 0.2) is 0 Å². The average Bonchev–Trinajstić information content (AvgIpc) is 3.26. The molecule has 0 amide bonds. The van der Waals surface area contributed by atoms with Gasteiger partial charge < -0.3 is 14.4 Å². The van der Waals surface area contributed by atoms with Crippen LogP contribution in [0.5, 0.6) is 5.88 Å². The molecule has 34 heavy (non-hydrogen) atoms. The fourth-order valence-corrected chi connectivity index (χ4v) is 5.69. The van der Waals surface area contributed by atoms with Crippen LogP contribution in [-0.4, -0.2) is 75.3 Å². The summed E-state index contributed by atoms with van der Waals surface area (Å²) in [5.74, 6) is 2.70. The van der Waals surface area contributed by atoms with E-state index in [0.717, 1.165) is 11.4 Å². The summed E-state index contributed by atoms with van der Waals surface area (Å²) in [5.41, 5.74) is 2.33. The van der Waals surface area contributed by atoms with E-state index in [2.05, 4.69) is 44.2 Å². The van der Waals surface area contributed by atoms with Gasteiger partial charge >= 0.3 is 0 Å². The molecule has 0 bridgehead atoms. The molecule has 4 heterocycles. The number of pyridine rings is 1. The Hall–Kier alpha value is -3.23. The summed E-state index contributed by atoms with van der Waals surface area (Å²) in [6.07, 6.45) is 4.89. The van der Waals surface area contributed by atoms with E-state index in [1.165, 1.54) is 6.20 Å². The number of ether oxygens (including phenoxy) is 2. The highest BCUT2D eigenvalue weighted by atomic mass is 32.2. The Morgan fingerprint density at radius 1 is 1.24 bits per heavy atom. The molecule has 1 aliphatic rings. The van der Waals surface area contributed by atoms with Gasteiger partial charge in [0.2, 0.25) is 5.88 Å². The van der Waals surface area contributed by atoms with Crippen LogP contribution >= 0.6 is 0 Å². The van der Waals surface area contributed by atoms with Gasteiger partial charge in [-0.2, -0.15) is 10.4 Å². The topological polar surface area (TPSA) is 118 Å². The minimum absolute atomic E-state index is 0.347. The highest BCUT2D eigenvalue weighted by Crippen LogP contribution is 2.28. The Morgan fingerprint density at radius 2 is 2.03 bits per heavy atom. The number of hydrogen-bond acceptors (Lipinski definition) is 9. The molecule has 0 spiro atoms. The molecule has 1 saturated heterocycles. The summed E-state index contributed by atoms with van der Waals surface area (Å²) in [6, 6.07) is 6.02. The van der Waals surface area contributed by atoms with E-state index >= 15 is 0 Å². The Kier molecular flexibility index (Phi) is 7.29. The summed E-state index contributed by atoms with van der Waals surface area (Å²) in [7, 11) is -0.531. The summed E-state index contributed by atoms with van der Waals surface area (Å²) < 4.78 is 29.7. The van der Waals surface area contributed by atoms with Crippen molar-refractivity contribution >= 4 is 21.1 Å². The third-order valence-electron chi connectivity index (χ3n) is 5.51. The summed E-state index contributed by atoms with van der Waals surface area (Å²) in [4.78, 5) is 11.4. The number of anilines is 1. The van der Waals surface area contributed by atoms with Crippen molar-refractivity contribution < 1.29 is 13.7 Å². The van der Waals surface area contributed by atoms with Gasteiger partial charge in [-0.05, 0) is 18.1 Å². The third-order valence-corrected chi connectivity index (χ3v) is 7.77. The summed E-state index contributed by atoms with van der Waals surface area (Å²) in [6.45, 7) is 6.89. The zero-order valence-electron chi connectivity index (χ0n) is 19.7. The lowest BCUT2D eigenvalue weighted by atomic mass is 10.1. The number of aromatic nitrogens is 4. The Morgan fingerprint density at radius 3 is 2.68 bits per heavy atom. The number of nitriles is 1. The van der Waals surface area contributed by atoms with Crippen molar-refractivity contribution in [2.75, 3.05) is 56.4 Å². The lowest BCUT2D eigenvalue weighted by molar-refractivity contribution is 0.143. The first kappa shape index (κ1) is 23.9. The smallest absolute Gasteiger partial charge is 0.233 e. The molecule has 10 nitrogen and oxygen atoms in total. The molecule has 0 atom stereocenters. The van der Waals surface area contributed by atoms with Crippen LogP contribution in [-0.2, 0) is 14.5 Å². The maximum absolute atomic E-state index is 12.9. The second-order valence-electron chi connectivity index (χ2n) is 8.51. The predicted octanol–water partition coefficient (Wildman–Crippen LogP) is 2.63. The van der Waals surface area contributed by atoms with Crippen molar-refractivity contribution in [2.24, 2.45) is 10.3 Å². The summed E-state index contributed by atoms with van der Waals surface area (Å²) in [5, 5.41) is 13.8. The molecule has 0 radical (unpaired) electrons. The second kappa shape index (κ2) is 10.4. The van der Waals surface area contributed by atoms with E-state index in [1.54, 1.807) is 24.0 Å². The van der Waals surface area contributed by atoms with Crippen molar-refractivity contribution in [3.8, 4) is 23.2 Å². The largest absolute Gasteiger partial charge is 0.474 e. The van der Waals surface area contributed by atoms with Crippen LogP contribution in [0.1, 0.15) is 19.4 Å². The molecular formula is C23H29N7O3S. The number of hydrogen-bond donors (Lipinski definition) is 0. The molecule has 11 heteroatoms. The van der Waals surface area contributed by atoms with E-state index in [9.17, 15) is 9.47 Å². The van der Waals surface area contributed by atoms with Crippen LogP contribution in [0.25, 0.3) is 16.8 Å². The monoisotopic (exact) mass is 483 g/mol. The Bertz CT molecular complexity index is 1290. The van der Waals surface area contributed by atoms with E-state index < -0.39 is 9.73 Å². The minimum Gasteiger partial charge on any atom is -0.474 e. The molecule has 0 aromatic carbocycles. The Labute approximate surface area is 199 Å². The van der Waals surface area contributed by atoms with Crippen molar-refractivity contribution in [3.05, 3.63) is 36.3 Å². The molecule has 3 aromatic rings. The predicted molar refractivity (Wildman–Crippen MR) is 131 cm³/mol. The fraction of sp³-hybridized carbons (Fsp3) is 0.478. The van der Waals surface area contributed by atoms with Gasteiger partial charge in [-0.15, -0.1) is 0 Å². The quantitative estimate of drug-likeness (QED) is 0.449. The molecular weight excluding hydrogens is 454 g/mol. The SMILES string of the molecule is COCCOc1cn2ncc(C#N)c2c(-c2ccc(N3CCS(=O)(=NCC(C)C)CC3)nc2)n1. The Balaban J connectivity index is 1.58. The third kappa shape index (κ3) is 5.29. The highest BCUT2D eigenvalue weighted by molar-refractivity contribution is 7.93. The van der Waals surface area contributed by atoms with Crippen LogP contribution in [0.4, 0.5) is 5.82 Å². The molecule has 180 valence electrons. The average molecular weight is 484 g/mol. The molecule has 3 aromatic heterocycles. The molecule has 0 aliphatic carbocycles. The number of fused-ring (bicyclic) bond motifs is 1. The van der Waals surface area contributed by atoms with Crippen LogP contribution in [0.3, 0.4) is 0 Å². The number of methoxy groups -OCH3 is 1. The first-order valence-corrected chi connectivity index (χ1v) is 13.1. The second-order valence-corrected chi connectivity index (χ2v) is 11.1. The molecule has 0 N–H and O–H groups in total. The van der Waals surface area contributed by atoms with Gasteiger partial charge in [0, 0.05) is 43.5 Å². The van der Waals surface area contributed by atoms with E-state index in [1.807, 2.05) is 12.1 Å². The minimum atomic E-state index is -2.14. The molecule has 0 saturated carbocycles. The summed E-state index contributed by atoms with van der Waals surface area (Å²) >= 11 is 0. The zero-order chi connectivity index (χ0) is 24.1. The van der Waals surface area contributed by atoms with Crippen LogP contribution in [0.15, 0.2) is 35.1 Å². The standard InChI is InChI=1S/C23H29N7O3S/c1-17(2)13-27-34(31)10-6-29(7-11-34)20-5-4-18(14-25-20)22-23-19(12-24)15-26-30(23)16-21(28-22)33-9-8-32-3/h4-5,14-17H,6-11,13H2,1-3H3. The molecule has 1 fully saturated rings. The lowest BCUT2D eigenvalue weighted by Crippen LogP contribution is -2.40. The van der Waals surface area contributed by atoms with Crippen molar-refractivity contribution in [1.29, 1.82) is 5.26 Å². The molecule has 4 rings (SSSR count). The van der Waals surface area contributed by atoms with Gasteiger partial charge in [0.1, 0.15) is 35.3 Å². The molecule has 0 unspecified atom stereocenters. The normalized spacial score (nSPS) is 15.4. The fourth-order valence-electron chi connectivity index (χ4n) is 3.65. The number of rotatable bonds is 8. The highest BCUT2D eigenvalue weighted by Gasteiger charge is 2.22. The lowest BCUT2D eigenvalue weighted by Gasteiger charge is -2.29. The van der Waals surface area contributed by atoms with Gasteiger partial charge in [-0.25, -0.2) is 23.1 Å². The van der Waals surface area contributed by atoms with Crippen molar-refractivity contribution in [2.45, 2.75) is 13.8 Å². The maximum atomic E-state index is 12.9. The maximum Gasteiger partial charge on any atom is 0.233 e. The van der Waals surface area contributed by atoms with E-state index in [0.29, 0.717) is 72.9 Å². The zero-order valence-corrected chi connectivity index (χ0v) is 20.5. The van der Waals surface area contributed by atoms with E-state index in [-0.39, 0.29) is 0 Å². The van der Waals surface area contributed by atoms with Crippen LogP contribution < -0.4 is 9.64 Å². The van der Waals surface area contributed by atoms with Crippen LogP contribution in [0.2, 0.25) is 0 Å². The van der Waals surface area contributed by atoms with Crippen LogP contribution in [0, 0.1) is 17.2 Å². The van der Waals surface area contributed by atoms with Gasteiger partial charge in [-0.3, -0.25) is 0 Å². The van der Waals surface area contributed by atoms with Crippen molar-refractivity contribution in [1.82, 2.24) is 19.6 Å². The van der Waals surface area contributed by atoms with Gasteiger partial charge in [0.25, 0.3) is 0 Å². The van der Waals surface area contributed by atoms with Crippen molar-refractivity contribution in [3.63, 3.8) is 0 Å². The van der Waals surface area contributed by atoms with Gasteiger partial charge in [-0.1, -0.05) is 13.8 Å². The van der Waals surface area contributed by atoms with Gasteiger partial charge in [0.05, 0.1) is 35.3 Å². The first-order valence-electron chi connectivity index (χ1n) is 11.2. The molecule has 1 aliphatic heterocycles. The van der Waals surface area contributed by atoms with E-state index in [4.69, 9.17) is 9.47 Å². The first-order chi connectivity index (χ1) is 16.4. The number of nitrogens with zero attached hydrogens (tertiary/aromatic N) is 7.